The molecule has 8 nitrogen and oxygen atoms in total. The first-order chi connectivity index (χ1) is 12.9. The van der Waals surface area contributed by atoms with Crippen LogP contribution in [0, 0.1) is 5.41 Å². The lowest BCUT2D eigenvalue weighted by Gasteiger charge is -2.43. The molecule has 1 fully saturated rings. The zero-order chi connectivity index (χ0) is 21.1. The van der Waals surface area contributed by atoms with Gasteiger partial charge in [0.2, 0.25) is 0 Å². The monoisotopic (exact) mass is 456 g/mol. The summed E-state index contributed by atoms with van der Waals surface area (Å²) in [6.07, 6.45) is 2.81. The minimum Gasteiger partial charge on any atom is -0.464 e. The Hall–Kier alpha value is -1.90. The van der Waals surface area contributed by atoms with Gasteiger partial charge in [-0.25, -0.2) is 19.6 Å². The number of nitrogens with one attached hydrogen (secondary N) is 1. The summed E-state index contributed by atoms with van der Waals surface area (Å²) in [5.74, 6) is 0.00181. The van der Waals surface area contributed by atoms with Crippen LogP contribution in [0.2, 0.25) is 0 Å². The molecule has 1 saturated heterocycles. The van der Waals surface area contributed by atoms with Crippen LogP contribution in [0.5, 0.6) is 0 Å². The molecule has 1 amide bonds. The number of hydrogen-bond acceptors (Lipinski definition) is 7. The second-order valence-corrected chi connectivity index (χ2v) is 9.18. The van der Waals surface area contributed by atoms with Crippen LogP contribution in [-0.2, 0) is 9.47 Å². The van der Waals surface area contributed by atoms with E-state index in [2.05, 4.69) is 38.1 Å². The summed E-state index contributed by atoms with van der Waals surface area (Å²) in [6, 6.07) is -0.0550. The van der Waals surface area contributed by atoms with E-state index in [0.29, 0.717) is 23.5 Å². The summed E-state index contributed by atoms with van der Waals surface area (Å²) in [6.45, 7) is 11.1. The number of methoxy groups -OCH3 is 1. The van der Waals surface area contributed by atoms with E-state index in [4.69, 9.17) is 9.47 Å². The molecule has 0 aromatic carbocycles. The van der Waals surface area contributed by atoms with Crippen LogP contribution < -0.4 is 10.2 Å². The zero-order valence-electron chi connectivity index (χ0n) is 17.3. The third-order valence-electron chi connectivity index (χ3n) is 5.09. The van der Waals surface area contributed by atoms with E-state index in [-0.39, 0.29) is 17.2 Å². The number of nitrogens with zero attached hydrogens (tertiary/aromatic N) is 3. The van der Waals surface area contributed by atoms with Crippen LogP contribution in [0.3, 0.4) is 0 Å². The van der Waals surface area contributed by atoms with E-state index in [1.54, 1.807) is 6.20 Å². The standard InChI is InChI=1S/C19H29BrN4O4/c1-12(22-17(26)28-18(2,3)4)19(5)7-9-24(10-8-19)15-14(16(25)27-6)23-13(20)11-21-15/h11-12H,7-10H2,1-6H3,(H,22,26). The Bertz CT molecular complexity index is 727. The predicted octanol–water partition coefficient (Wildman–Crippen LogP) is 3.55. The maximum atomic E-state index is 12.1. The fourth-order valence-corrected chi connectivity index (χ4v) is 3.43. The maximum absolute atomic E-state index is 12.1. The van der Waals surface area contributed by atoms with E-state index in [1.807, 2.05) is 32.6 Å². The van der Waals surface area contributed by atoms with Gasteiger partial charge in [0.1, 0.15) is 10.2 Å². The molecular formula is C19H29BrN4O4. The first-order valence-corrected chi connectivity index (χ1v) is 10.1. The number of halogens is 1. The minimum atomic E-state index is -0.529. The Kier molecular flexibility index (Phi) is 6.90. The minimum absolute atomic E-state index is 0.0550. The molecule has 1 aliphatic heterocycles. The van der Waals surface area contributed by atoms with Crippen molar-refractivity contribution in [1.82, 2.24) is 15.3 Å². The largest absolute Gasteiger partial charge is 0.464 e. The second kappa shape index (κ2) is 8.63. The average molecular weight is 457 g/mol. The van der Waals surface area contributed by atoms with E-state index in [9.17, 15) is 9.59 Å². The number of carbonyl (C=O) groups is 2. The van der Waals surface area contributed by atoms with Crippen molar-refractivity contribution in [2.45, 2.75) is 59.1 Å². The number of anilines is 1. The maximum Gasteiger partial charge on any atom is 0.407 e. The lowest BCUT2D eigenvalue weighted by atomic mass is 9.74. The molecule has 0 aliphatic carbocycles. The van der Waals surface area contributed by atoms with Crippen LogP contribution in [0.25, 0.3) is 0 Å². The highest BCUT2D eigenvalue weighted by Crippen LogP contribution is 2.36. The Morgan fingerprint density at radius 3 is 2.46 bits per heavy atom. The molecular weight excluding hydrogens is 428 g/mol. The molecule has 2 heterocycles. The number of piperidine rings is 1. The topological polar surface area (TPSA) is 93.6 Å². The van der Waals surface area contributed by atoms with Crippen molar-refractivity contribution in [3.05, 3.63) is 16.5 Å². The molecule has 156 valence electrons. The molecule has 9 heteroatoms. The predicted molar refractivity (Wildman–Crippen MR) is 109 cm³/mol. The number of amides is 1. The molecule has 1 unspecified atom stereocenters. The van der Waals surface area contributed by atoms with Gasteiger partial charge in [0.05, 0.1) is 13.3 Å². The number of alkyl carbamates (subject to hydrolysis) is 1. The zero-order valence-corrected chi connectivity index (χ0v) is 18.9. The number of aromatic nitrogens is 2. The summed E-state index contributed by atoms with van der Waals surface area (Å²) in [4.78, 5) is 34.8. The van der Waals surface area contributed by atoms with Crippen molar-refractivity contribution in [3.63, 3.8) is 0 Å². The van der Waals surface area contributed by atoms with Crippen molar-refractivity contribution >= 4 is 33.8 Å². The van der Waals surface area contributed by atoms with Gasteiger partial charge in [0.25, 0.3) is 0 Å². The van der Waals surface area contributed by atoms with Crippen molar-refractivity contribution in [2.75, 3.05) is 25.1 Å². The smallest absolute Gasteiger partial charge is 0.407 e. The fourth-order valence-electron chi connectivity index (χ4n) is 3.15. The highest BCUT2D eigenvalue weighted by molar-refractivity contribution is 9.10. The second-order valence-electron chi connectivity index (χ2n) is 8.37. The molecule has 1 aliphatic rings. The van der Waals surface area contributed by atoms with Gasteiger partial charge in [-0.15, -0.1) is 0 Å². The molecule has 1 N–H and O–H groups in total. The van der Waals surface area contributed by atoms with Crippen molar-refractivity contribution in [1.29, 1.82) is 0 Å². The van der Waals surface area contributed by atoms with Gasteiger partial charge < -0.3 is 19.7 Å². The Balaban J connectivity index is 2.06. The summed E-state index contributed by atoms with van der Waals surface area (Å²) in [5, 5.41) is 2.96. The van der Waals surface area contributed by atoms with Crippen LogP contribution in [0.1, 0.15) is 57.9 Å². The molecule has 0 bridgehead atoms. The average Bonchev–Trinajstić information content (AvgIpc) is 2.60. The first-order valence-electron chi connectivity index (χ1n) is 9.30. The highest BCUT2D eigenvalue weighted by Gasteiger charge is 2.38. The molecule has 1 atom stereocenters. The van der Waals surface area contributed by atoms with Gasteiger partial charge in [-0.05, 0) is 61.9 Å². The van der Waals surface area contributed by atoms with Crippen molar-refractivity contribution in [2.24, 2.45) is 5.41 Å². The van der Waals surface area contributed by atoms with Crippen LogP contribution in [0.15, 0.2) is 10.8 Å². The van der Waals surface area contributed by atoms with Gasteiger partial charge in [0, 0.05) is 19.1 Å². The third kappa shape index (κ3) is 5.56. The van der Waals surface area contributed by atoms with E-state index >= 15 is 0 Å². The van der Waals surface area contributed by atoms with Crippen molar-refractivity contribution in [3.8, 4) is 0 Å². The number of esters is 1. The number of carbonyl (C=O) groups excluding carboxylic acids is 2. The van der Waals surface area contributed by atoms with Gasteiger partial charge in [-0.1, -0.05) is 6.92 Å². The van der Waals surface area contributed by atoms with Crippen LogP contribution in [-0.4, -0.2) is 53.9 Å². The quantitative estimate of drug-likeness (QED) is 0.692. The number of hydrogen-bond donors (Lipinski definition) is 1. The molecule has 1 aromatic rings. The molecule has 1 aromatic heterocycles. The van der Waals surface area contributed by atoms with Crippen LogP contribution >= 0.6 is 15.9 Å². The van der Waals surface area contributed by atoms with Crippen LogP contribution in [0.4, 0.5) is 10.6 Å². The first kappa shape index (κ1) is 22.4. The Labute approximate surface area is 174 Å². The molecule has 0 spiro atoms. The van der Waals surface area contributed by atoms with Crippen molar-refractivity contribution < 1.29 is 19.1 Å². The summed E-state index contributed by atoms with van der Waals surface area (Å²) < 4.78 is 10.7. The molecule has 28 heavy (non-hydrogen) atoms. The molecule has 0 saturated carbocycles. The normalized spacial score (nSPS) is 17.6. The van der Waals surface area contributed by atoms with Gasteiger partial charge >= 0.3 is 12.1 Å². The Morgan fingerprint density at radius 1 is 1.32 bits per heavy atom. The third-order valence-corrected chi connectivity index (χ3v) is 5.47. The van der Waals surface area contributed by atoms with Gasteiger partial charge in [-0.2, -0.15) is 0 Å². The number of rotatable bonds is 4. The van der Waals surface area contributed by atoms with E-state index in [1.165, 1.54) is 7.11 Å². The molecule has 0 radical (unpaired) electrons. The fraction of sp³-hybridized carbons (Fsp3) is 0.684. The molecule has 2 rings (SSSR count). The SMILES string of the molecule is COC(=O)c1nc(Br)cnc1N1CCC(C)(C(C)NC(=O)OC(C)(C)C)CC1. The Morgan fingerprint density at radius 2 is 1.93 bits per heavy atom. The lowest BCUT2D eigenvalue weighted by Crippen LogP contribution is -2.51. The highest BCUT2D eigenvalue weighted by atomic mass is 79.9. The van der Waals surface area contributed by atoms with Gasteiger partial charge in [0.15, 0.2) is 11.5 Å². The summed E-state index contributed by atoms with van der Waals surface area (Å²) >= 11 is 3.25. The van der Waals surface area contributed by atoms with E-state index in [0.717, 1.165) is 12.8 Å². The number of ether oxygens (including phenoxy) is 2. The van der Waals surface area contributed by atoms with E-state index < -0.39 is 17.7 Å². The van der Waals surface area contributed by atoms with Gasteiger partial charge in [-0.3, -0.25) is 0 Å². The lowest BCUT2D eigenvalue weighted by molar-refractivity contribution is 0.0441. The summed E-state index contributed by atoms with van der Waals surface area (Å²) in [7, 11) is 1.33. The summed E-state index contributed by atoms with van der Waals surface area (Å²) in [5.41, 5.74) is -0.430.